The molecule has 0 unspecified atom stereocenters. The van der Waals surface area contributed by atoms with Crippen LogP contribution in [-0.2, 0) is 4.79 Å². The van der Waals surface area contributed by atoms with E-state index in [0.717, 1.165) is 16.8 Å². The van der Waals surface area contributed by atoms with E-state index in [1.165, 1.54) is 0 Å². The molecule has 0 radical (unpaired) electrons. The summed E-state index contributed by atoms with van der Waals surface area (Å²) in [4.78, 5) is 18.0. The highest BCUT2D eigenvalue weighted by Crippen LogP contribution is 2.47. The average molecular weight is 516 g/mol. The molecule has 2 heterocycles. The van der Waals surface area contributed by atoms with E-state index in [9.17, 15) is 4.79 Å². The normalized spacial score (nSPS) is 19.1. The van der Waals surface area contributed by atoms with Crippen LogP contribution in [0.25, 0.3) is 0 Å². The number of rotatable bonds is 5. The summed E-state index contributed by atoms with van der Waals surface area (Å²) in [5.74, 6) is 1.98. The van der Waals surface area contributed by atoms with Crippen molar-refractivity contribution in [2.45, 2.75) is 24.8 Å². The maximum absolute atomic E-state index is 13.7. The Morgan fingerprint density at radius 1 is 1.00 bits per heavy atom. The van der Waals surface area contributed by atoms with E-state index in [2.05, 4.69) is 15.4 Å². The SMILES string of the molecule is COc1cc([C@@H]2CC(=O)C3=C(C2)Nc2nc(N)nn2[C@@H]3c2ccc(Cl)c(Cl)c2)cc(OC)c1OC. The molecule has 0 saturated carbocycles. The van der Waals surface area contributed by atoms with E-state index in [4.69, 9.17) is 43.1 Å². The maximum atomic E-state index is 13.7. The third-order valence-electron chi connectivity index (χ3n) is 6.35. The number of hydrogen-bond donors (Lipinski definition) is 2. The number of allylic oxidation sites excluding steroid dienone is 2. The second-order valence-electron chi connectivity index (χ2n) is 8.32. The van der Waals surface area contributed by atoms with Crippen LogP contribution in [0.4, 0.5) is 11.9 Å². The number of halogens is 2. The van der Waals surface area contributed by atoms with Gasteiger partial charge >= 0.3 is 0 Å². The molecule has 3 N–H and O–H groups in total. The van der Waals surface area contributed by atoms with Crippen molar-refractivity contribution >= 4 is 40.9 Å². The summed E-state index contributed by atoms with van der Waals surface area (Å²) in [5, 5.41) is 8.43. The van der Waals surface area contributed by atoms with Crippen LogP contribution in [0.3, 0.4) is 0 Å². The fraction of sp³-hybridized carbons (Fsp3) is 0.292. The summed E-state index contributed by atoms with van der Waals surface area (Å²) >= 11 is 12.4. The summed E-state index contributed by atoms with van der Waals surface area (Å²) < 4.78 is 18.1. The molecular formula is C24H23Cl2N5O4. The lowest BCUT2D eigenvalue weighted by Crippen LogP contribution is -2.33. The molecular weight excluding hydrogens is 493 g/mol. The average Bonchev–Trinajstić information content (AvgIpc) is 3.22. The minimum Gasteiger partial charge on any atom is -0.493 e. The van der Waals surface area contributed by atoms with Gasteiger partial charge in [0.15, 0.2) is 17.3 Å². The van der Waals surface area contributed by atoms with Crippen molar-refractivity contribution in [2.75, 3.05) is 32.4 Å². The molecule has 5 rings (SSSR count). The molecule has 0 bridgehead atoms. The largest absolute Gasteiger partial charge is 0.493 e. The molecule has 2 atom stereocenters. The van der Waals surface area contributed by atoms with Crippen molar-refractivity contribution in [3.05, 3.63) is 62.8 Å². The maximum Gasteiger partial charge on any atom is 0.241 e. The molecule has 1 aromatic heterocycles. The van der Waals surface area contributed by atoms with E-state index in [1.54, 1.807) is 38.1 Å². The first-order chi connectivity index (χ1) is 16.8. The molecule has 0 amide bonds. The molecule has 11 heteroatoms. The van der Waals surface area contributed by atoms with Gasteiger partial charge in [0.05, 0.1) is 31.4 Å². The molecule has 1 aliphatic carbocycles. The van der Waals surface area contributed by atoms with E-state index in [0.29, 0.717) is 45.2 Å². The molecule has 0 spiro atoms. The van der Waals surface area contributed by atoms with Crippen LogP contribution >= 0.6 is 23.2 Å². The van der Waals surface area contributed by atoms with Gasteiger partial charge in [-0.25, -0.2) is 4.68 Å². The van der Waals surface area contributed by atoms with Gasteiger partial charge in [0.2, 0.25) is 17.6 Å². The Hall–Kier alpha value is -3.43. The predicted molar refractivity (Wildman–Crippen MR) is 133 cm³/mol. The number of methoxy groups -OCH3 is 3. The molecule has 0 fully saturated rings. The molecule has 35 heavy (non-hydrogen) atoms. The molecule has 2 aromatic carbocycles. The molecule has 3 aromatic rings. The number of ether oxygens (including phenoxy) is 3. The second kappa shape index (κ2) is 8.98. The zero-order valence-electron chi connectivity index (χ0n) is 19.3. The number of carbonyl (C=O) groups is 1. The Bertz CT molecular complexity index is 1340. The highest BCUT2D eigenvalue weighted by molar-refractivity contribution is 6.42. The number of carbonyl (C=O) groups excluding carboxylic acids is 1. The van der Waals surface area contributed by atoms with Gasteiger partial charge in [0.1, 0.15) is 6.04 Å². The van der Waals surface area contributed by atoms with Crippen LogP contribution in [0.1, 0.15) is 35.9 Å². The van der Waals surface area contributed by atoms with Crippen molar-refractivity contribution in [3.8, 4) is 17.2 Å². The summed E-state index contributed by atoms with van der Waals surface area (Å²) in [5.41, 5.74) is 8.94. The van der Waals surface area contributed by atoms with Crippen LogP contribution in [-0.4, -0.2) is 41.9 Å². The molecule has 9 nitrogen and oxygen atoms in total. The lowest BCUT2D eigenvalue weighted by atomic mass is 9.77. The Labute approximate surface area is 211 Å². The molecule has 2 aliphatic rings. The van der Waals surface area contributed by atoms with Crippen LogP contribution < -0.4 is 25.3 Å². The number of nitrogen functional groups attached to an aromatic ring is 1. The Kier molecular flexibility index (Phi) is 5.98. The van der Waals surface area contributed by atoms with Gasteiger partial charge in [-0.1, -0.05) is 29.3 Å². The number of nitrogens with zero attached hydrogens (tertiary/aromatic N) is 3. The number of benzene rings is 2. The third-order valence-corrected chi connectivity index (χ3v) is 7.09. The number of hydrogen-bond acceptors (Lipinski definition) is 8. The minimum absolute atomic E-state index is 0.0201. The number of nitrogens with two attached hydrogens (primary N) is 1. The summed E-state index contributed by atoms with van der Waals surface area (Å²) in [7, 11) is 4.68. The van der Waals surface area contributed by atoms with E-state index in [-0.39, 0.29) is 24.1 Å². The van der Waals surface area contributed by atoms with Crippen molar-refractivity contribution < 1.29 is 19.0 Å². The van der Waals surface area contributed by atoms with Crippen LogP contribution in [0.5, 0.6) is 17.2 Å². The summed E-state index contributed by atoms with van der Waals surface area (Å²) in [6.07, 6.45) is 0.848. The van der Waals surface area contributed by atoms with Crippen molar-refractivity contribution in [2.24, 2.45) is 0 Å². The van der Waals surface area contributed by atoms with Crippen molar-refractivity contribution in [3.63, 3.8) is 0 Å². The number of nitrogens with one attached hydrogen (secondary N) is 1. The van der Waals surface area contributed by atoms with Gasteiger partial charge in [0.25, 0.3) is 0 Å². The van der Waals surface area contributed by atoms with Gasteiger partial charge in [-0.2, -0.15) is 4.98 Å². The van der Waals surface area contributed by atoms with Crippen LogP contribution in [0.15, 0.2) is 41.6 Å². The smallest absolute Gasteiger partial charge is 0.241 e. The molecule has 182 valence electrons. The van der Waals surface area contributed by atoms with Crippen LogP contribution in [0.2, 0.25) is 10.0 Å². The quantitative estimate of drug-likeness (QED) is 0.506. The number of aromatic nitrogens is 3. The third kappa shape index (κ3) is 3.94. The zero-order valence-corrected chi connectivity index (χ0v) is 20.8. The highest BCUT2D eigenvalue weighted by Gasteiger charge is 2.40. The van der Waals surface area contributed by atoms with Gasteiger partial charge in [-0.05, 0) is 47.7 Å². The van der Waals surface area contributed by atoms with Crippen molar-refractivity contribution in [1.29, 1.82) is 0 Å². The Morgan fingerprint density at radius 2 is 1.71 bits per heavy atom. The number of Topliss-reactive ketones (excluding diaryl/α,β-unsaturated/α-hetero) is 1. The molecule has 0 saturated heterocycles. The lowest BCUT2D eigenvalue weighted by molar-refractivity contribution is -0.116. The van der Waals surface area contributed by atoms with Crippen molar-refractivity contribution in [1.82, 2.24) is 14.8 Å². The van der Waals surface area contributed by atoms with Gasteiger partial charge < -0.3 is 25.3 Å². The fourth-order valence-electron chi connectivity index (χ4n) is 4.79. The standard InChI is InChI=1S/C24H23Cl2N5O4/c1-33-18-9-13(10-19(34-2)22(18)35-3)12-7-16-20(17(32)8-12)21(11-4-5-14(25)15(26)6-11)31-24(28-16)29-23(27)30-31/h4-6,9-10,12,21H,7-8H2,1-3H3,(H3,27,28,29,30)/t12-,21+/m0/s1. The summed E-state index contributed by atoms with van der Waals surface area (Å²) in [6.45, 7) is 0. The number of anilines is 2. The highest BCUT2D eigenvalue weighted by atomic mass is 35.5. The second-order valence-corrected chi connectivity index (χ2v) is 9.13. The van der Waals surface area contributed by atoms with E-state index in [1.807, 2.05) is 18.2 Å². The fourth-order valence-corrected chi connectivity index (χ4v) is 5.10. The van der Waals surface area contributed by atoms with E-state index >= 15 is 0 Å². The van der Waals surface area contributed by atoms with Gasteiger partial charge in [-0.15, -0.1) is 5.10 Å². The number of ketones is 1. The predicted octanol–water partition coefficient (Wildman–Crippen LogP) is 4.61. The van der Waals surface area contributed by atoms with E-state index < -0.39 is 6.04 Å². The van der Waals surface area contributed by atoms with Gasteiger partial charge in [-0.3, -0.25) is 4.79 Å². The first-order valence-electron chi connectivity index (χ1n) is 10.8. The van der Waals surface area contributed by atoms with Gasteiger partial charge in [0, 0.05) is 17.7 Å². The molecule has 1 aliphatic heterocycles. The topological polar surface area (TPSA) is 114 Å². The van der Waals surface area contributed by atoms with Crippen LogP contribution in [0, 0.1) is 0 Å². The summed E-state index contributed by atoms with van der Waals surface area (Å²) in [6, 6.07) is 8.50. The number of fused-ring (bicyclic) bond motifs is 1. The zero-order chi connectivity index (χ0) is 24.9. The minimum atomic E-state index is -0.533. The first-order valence-corrected chi connectivity index (χ1v) is 11.6. The first kappa shape index (κ1) is 23.3. The monoisotopic (exact) mass is 515 g/mol. The lowest BCUT2D eigenvalue weighted by Gasteiger charge is -2.35. The Morgan fingerprint density at radius 3 is 2.34 bits per heavy atom. The Balaban J connectivity index is 1.60.